The molecule has 2 aromatic heterocycles. The molecule has 0 unspecified atom stereocenters. The molecule has 2 aliphatic rings. The minimum atomic E-state index is -1.58. The van der Waals surface area contributed by atoms with Crippen LogP contribution in [0.5, 0.6) is 5.88 Å². The standard InChI is InChI=1S/C30H28Cl2N6O3/c1-14(2)25-33-13-19(27(36-25)41-6)26-35-23-24(37(26)15(3)4)30(20-10-9-17(31)11-21(20)34-29(30)40)38(28(23)39)22-12-18(32)8-7-16(22)5/h7-15H,1-6H3,(H,34,40)/t30-/m1/s1. The van der Waals surface area contributed by atoms with Crippen LogP contribution in [0.15, 0.2) is 42.6 Å². The first-order valence-electron chi connectivity index (χ1n) is 13.3. The SMILES string of the molecule is COc1nc(C(C)C)ncc1-c1nc2c(n1C(C)C)[C@]1(C(=O)Nc3cc(Cl)ccc31)N(c1cc(Cl)ccc1C)C2=O. The van der Waals surface area contributed by atoms with E-state index in [-0.39, 0.29) is 17.7 Å². The van der Waals surface area contributed by atoms with Gasteiger partial charge in [-0.05, 0) is 50.6 Å². The van der Waals surface area contributed by atoms with Crippen LogP contribution in [0.25, 0.3) is 11.4 Å². The van der Waals surface area contributed by atoms with Crippen LogP contribution in [0.2, 0.25) is 10.0 Å². The van der Waals surface area contributed by atoms with Crippen LogP contribution in [-0.2, 0) is 10.3 Å². The van der Waals surface area contributed by atoms with Crippen molar-refractivity contribution in [1.29, 1.82) is 0 Å². The molecule has 4 aromatic rings. The molecule has 0 radical (unpaired) electrons. The summed E-state index contributed by atoms with van der Waals surface area (Å²) < 4.78 is 7.58. The number of nitrogens with zero attached hydrogens (tertiary/aromatic N) is 5. The molecule has 0 saturated carbocycles. The van der Waals surface area contributed by atoms with Crippen molar-refractivity contribution in [3.05, 3.63) is 81.0 Å². The van der Waals surface area contributed by atoms with Crippen molar-refractivity contribution in [3.8, 4) is 17.3 Å². The Morgan fingerprint density at radius 1 is 1.00 bits per heavy atom. The highest BCUT2D eigenvalue weighted by atomic mass is 35.5. The van der Waals surface area contributed by atoms with Gasteiger partial charge in [0.1, 0.15) is 11.6 Å². The van der Waals surface area contributed by atoms with E-state index in [4.69, 9.17) is 32.9 Å². The van der Waals surface area contributed by atoms with Crippen LogP contribution in [-0.4, -0.2) is 38.4 Å². The maximum absolute atomic E-state index is 14.5. The number of hydrogen-bond acceptors (Lipinski definition) is 6. The highest BCUT2D eigenvalue weighted by Crippen LogP contribution is 2.55. The molecule has 9 nitrogen and oxygen atoms in total. The molecule has 4 heterocycles. The van der Waals surface area contributed by atoms with Gasteiger partial charge in [-0.15, -0.1) is 0 Å². The number of aromatic nitrogens is 4. The Kier molecular flexibility index (Phi) is 6.35. The smallest absolute Gasteiger partial charge is 0.280 e. The van der Waals surface area contributed by atoms with Crippen molar-refractivity contribution < 1.29 is 14.3 Å². The number of ether oxygens (including phenoxy) is 1. The first-order chi connectivity index (χ1) is 19.5. The summed E-state index contributed by atoms with van der Waals surface area (Å²) in [6.07, 6.45) is 1.66. The summed E-state index contributed by atoms with van der Waals surface area (Å²) in [4.78, 5) is 44.4. The number of methoxy groups -OCH3 is 1. The Hall–Kier alpha value is -3.95. The van der Waals surface area contributed by atoms with E-state index >= 15 is 0 Å². The maximum atomic E-state index is 14.5. The average Bonchev–Trinajstić information content (AvgIpc) is 3.53. The summed E-state index contributed by atoms with van der Waals surface area (Å²) in [6.45, 7) is 9.81. The molecule has 41 heavy (non-hydrogen) atoms. The summed E-state index contributed by atoms with van der Waals surface area (Å²) >= 11 is 12.8. The molecule has 2 aromatic carbocycles. The van der Waals surface area contributed by atoms with Crippen LogP contribution in [0, 0.1) is 6.92 Å². The number of imidazole rings is 1. The fourth-order valence-corrected chi connectivity index (χ4v) is 6.13. The van der Waals surface area contributed by atoms with E-state index in [1.165, 1.54) is 12.0 Å². The van der Waals surface area contributed by atoms with Crippen molar-refractivity contribution in [3.63, 3.8) is 0 Å². The third-order valence-electron chi connectivity index (χ3n) is 7.59. The molecule has 0 saturated heterocycles. The lowest BCUT2D eigenvalue weighted by atomic mass is 9.86. The molecule has 1 spiro atoms. The second-order valence-corrected chi connectivity index (χ2v) is 11.7. The third kappa shape index (κ3) is 3.79. The van der Waals surface area contributed by atoms with Gasteiger partial charge in [0.05, 0.1) is 24.1 Å². The second-order valence-electron chi connectivity index (χ2n) is 10.8. The number of hydrogen-bond donors (Lipinski definition) is 1. The first-order valence-corrected chi connectivity index (χ1v) is 14.0. The number of rotatable bonds is 5. The minimum Gasteiger partial charge on any atom is -0.480 e. The topological polar surface area (TPSA) is 102 Å². The highest BCUT2D eigenvalue weighted by molar-refractivity contribution is 6.32. The van der Waals surface area contributed by atoms with Gasteiger partial charge < -0.3 is 14.6 Å². The highest BCUT2D eigenvalue weighted by Gasteiger charge is 2.64. The minimum absolute atomic E-state index is 0.0812. The van der Waals surface area contributed by atoms with Crippen LogP contribution in [0.3, 0.4) is 0 Å². The number of anilines is 2. The molecule has 1 N–H and O–H groups in total. The van der Waals surface area contributed by atoms with Crippen LogP contribution in [0.4, 0.5) is 11.4 Å². The van der Waals surface area contributed by atoms with E-state index in [0.717, 1.165) is 5.56 Å². The van der Waals surface area contributed by atoms with E-state index in [0.29, 0.717) is 55.8 Å². The Labute approximate surface area is 247 Å². The van der Waals surface area contributed by atoms with Crippen molar-refractivity contribution in [2.75, 3.05) is 17.3 Å². The van der Waals surface area contributed by atoms with Crippen molar-refractivity contribution in [2.45, 2.75) is 52.1 Å². The van der Waals surface area contributed by atoms with Crippen molar-refractivity contribution in [2.24, 2.45) is 0 Å². The number of benzene rings is 2. The number of halogens is 2. The lowest BCUT2D eigenvalue weighted by Gasteiger charge is -2.36. The Balaban J connectivity index is 1.72. The summed E-state index contributed by atoms with van der Waals surface area (Å²) in [6, 6.07) is 10.2. The number of nitrogens with one attached hydrogen (secondary N) is 1. The van der Waals surface area contributed by atoms with Gasteiger partial charge in [0.25, 0.3) is 11.8 Å². The Bertz CT molecular complexity index is 1770. The third-order valence-corrected chi connectivity index (χ3v) is 8.06. The normalized spacial score (nSPS) is 17.6. The molecule has 0 fully saturated rings. The molecule has 2 aliphatic heterocycles. The summed E-state index contributed by atoms with van der Waals surface area (Å²) in [5, 5.41) is 3.88. The summed E-state index contributed by atoms with van der Waals surface area (Å²) in [5.41, 5.74) is 1.93. The Morgan fingerprint density at radius 3 is 2.39 bits per heavy atom. The zero-order valence-electron chi connectivity index (χ0n) is 23.4. The molecule has 210 valence electrons. The van der Waals surface area contributed by atoms with Gasteiger partial charge in [0.15, 0.2) is 11.2 Å². The van der Waals surface area contributed by atoms with Gasteiger partial charge in [-0.2, -0.15) is 4.98 Å². The number of fused-ring (bicyclic) bond motifs is 4. The predicted molar refractivity (Wildman–Crippen MR) is 158 cm³/mol. The van der Waals surface area contributed by atoms with Crippen LogP contribution in [0.1, 0.15) is 72.8 Å². The molecular weight excluding hydrogens is 563 g/mol. The predicted octanol–water partition coefficient (Wildman–Crippen LogP) is 6.52. The molecule has 6 rings (SSSR count). The number of carbonyl (C=O) groups is 2. The van der Waals surface area contributed by atoms with E-state index in [1.54, 1.807) is 36.5 Å². The molecule has 2 amide bonds. The fraction of sp³-hybridized carbons (Fsp3) is 0.300. The van der Waals surface area contributed by atoms with Gasteiger partial charge >= 0.3 is 0 Å². The average molecular weight is 591 g/mol. The molecule has 1 atom stereocenters. The largest absolute Gasteiger partial charge is 0.480 e. The number of aryl methyl sites for hydroxylation is 1. The quantitative estimate of drug-likeness (QED) is 0.283. The first kappa shape index (κ1) is 27.2. The molecule has 0 bridgehead atoms. The molecule has 11 heteroatoms. The Morgan fingerprint density at radius 2 is 1.71 bits per heavy atom. The maximum Gasteiger partial charge on any atom is 0.280 e. The molecule has 0 aliphatic carbocycles. The van der Waals surface area contributed by atoms with Crippen LogP contribution < -0.4 is 15.0 Å². The second kappa shape index (κ2) is 9.56. The van der Waals surface area contributed by atoms with Crippen molar-refractivity contribution in [1.82, 2.24) is 19.5 Å². The van der Waals surface area contributed by atoms with E-state index in [9.17, 15) is 9.59 Å². The van der Waals surface area contributed by atoms with Gasteiger partial charge in [0.2, 0.25) is 5.88 Å². The summed E-state index contributed by atoms with van der Waals surface area (Å²) in [7, 11) is 1.53. The lowest BCUT2D eigenvalue weighted by molar-refractivity contribution is -0.119. The van der Waals surface area contributed by atoms with Crippen molar-refractivity contribution >= 4 is 46.4 Å². The van der Waals surface area contributed by atoms with Gasteiger partial charge in [-0.1, -0.05) is 49.2 Å². The zero-order valence-corrected chi connectivity index (χ0v) is 24.9. The van der Waals surface area contributed by atoms with E-state index < -0.39 is 17.4 Å². The lowest BCUT2D eigenvalue weighted by Crippen LogP contribution is -2.51. The monoisotopic (exact) mass is 590 g/mol. The summed E-state index contributed by atoms with van der Waals surface area (Å²) in [5.74, 6) is 0.647. The van der Waals surface area contributed by atoms with Gasteiger partial charge in [0, 0.05) is 39.5 Å². The van der Waals surface area contributed by atoms with E-state index in [1.807, 2.05) is 45.3 Å². The molecular formula is C30H28Cl2N6O3. The zero-order chi connectivity index (χ0) is 29.4. The van der Waals surface area contributed by atoms with Gasteiger partial charge in [-0.3, -0.25) is 14.5 Å². The van der Waals surface area contributed by atoms with Gasteiger partial charge in [-0.25, -0.2) is 9.97 Å². The number of amides is 2. The van der Waals surface area contributed by atoms with Crippen LogP contribution >= 0.6 is 23.2 Å². The number of carbonyl (C=O) groups excluding carboxylic acids is 2. The van der Waals surface area contributed by atoms with E-state index in [2.05, 4.69) is 15.3 Å². The fourth-order valence-electron chi connectivity index (χ4n) is 5.79.